The standard InChI is InChI=1S/C21H15N5O2/c27-20(11-8-16-14-24-18-4-1-2-5-19(18)25-16)26-15-6-9-17(10-7-15)28-21-22-12-3-13-23-21/h1-14H,(H,26,27). The van der Waals surface area contributed by atoms with Gasteiger partial charge in [-0.2, -0.15) is 0 Å². The lowest BCUT2D eigenvalue weighted by Gasteiger charge is -2.05. The van der Waals surface area contributed by atoms with Crippen LogP contribution in [0.1, 0.15) is 5.69 Å². The molecule has 0 atom stereocenters. The fraction of sp³-hybridized carbons (Fsp3) is 0. The van der Waals surface area contributed by atoms with E-state index in [4.69, 9.17) is 4.74 Å². The molecule has 28 heavy (non-hydrogen) atoms. The molecule has 0 saturated carbocycles. The zero-order valence-corrected chi connectivity index (χ0v) is 14.7. The molecule has 2 aromatic heterocycles. The van der Waals surface area contributed by atoms with Gasteiger partial charge in [-0.15, -0.1) is 0 Å². The van der Waals surface area contributed by atoms with Crippen LogP contribution >= 0.6 is 0 Å². The molecule has 0 bridgehead atoms. The quantitative estimate of drug-likeness (QED) is 0.537. The average molecular weight is 369 g/mol. The van der Waals surface area contributed by atoms with Crippen LogP contribution < -0.4 is 10.1 Å². The zero-order valence-electron chi connectivity index (χ0n) is 14.7. The summed E-state index contributed by atoms with van der Waals surface area (Å²) in [5, 5.41) is 2.78. The van der Waals surface area contributed by atoms with Gasteiger partial charge in [0.25, 0.3) is 0 Å². The number of nitrogens with one attached hydrogen (secondary N) is 1. The summed E-state index contributed by atoms with van der Waals surface area (Å²) in [6, 6.07) is 16.5. The number of aromatic nitrogens is 4. The minimum atomic E-state index is -0.269. The van der Waals surface area contributed by atoms with Gasteiger partial charge in [0.15, 0.2) is 0 Å². The van der Waals surface area contributed by atoms with Gasteiger partial charge in [-0.05, 0) is 48.5 Å². The minimum absolute atomic E-state index is 0.263. The van der Waals surface area contributed by atoms with Crippen molar-refractivity contribution in [1.29, 1.82) is 0 Å². The van der Waals surface area contributed by atoms with E-state index in [1.165, 1.54) is 6.08 Å². The van der Waals surface area contributed by atoms with Crippen LogP contribution in [0.25, 0.3) is 17.1 Å². The molecular weight excluding hydrogens is 354 g/mol. The van der Waals surface area contributed by atoms with E-state index in [-0.39, 0.29) is 11.9 Å². The molecule has 0 spiro atoms. The Hall–Kier alpha value is -4.13. The smallest absolute Gasteiger partial charge is 0.321 e. The Bertz CT molecular complexity index is 1130. The first-order valence-electron chi connectivity index (χ1n) is 8.52. The molecule has 0 aliphatic carbocycles. The van der Waals surface area contributed by atoms with Gasteiger partial charge in [0.2, 0.25) is 5.91 Å². The molecule has 1 N–H and O–H groups in total. The highest BCUT2D eigenvalue weighted by Crippen LogP contribution is 2.19. The van der Waals surface area contributed by atoms with Crippen LogP contribution in [0.3, 0.4) is 0 Å². The van der Waals surface area contributed by atoms with Crippen LogP contribution in [0.15, 0.2) is 79.3 Å². The SMILES string of the molecule is O=C(C=Cc1cnc2ccccc2n1)Nc1ccc(Oc2ncccn2)cc1. The van der Waals surface area contributed by atoms with E-state index in [9.17, 15) is 4.79 Å². The average Bonchev–Trinajstić information content (AvgIpc) is 2.74. The number of carbonyl (C=O) groups excluding carboxylic acids is 1. The molecule has 0 unspecified atom stereocenters. The number of rotatable bonds is 5. The van der Waals surface area contributed by atoms with Crippen LogP contribution in [0.4, 0.5) is 5.69 Å². The summed E-state index contributed by atoms with van der Waals surface area (Å²) in [6.45, 7) is 0. The van der Waals surface area contributed by atoms with E-state index >= 15 is 0 Å². The Kier molecular flexibility index (Phi) is 4.97. The van der Waals surface area contributed by atoms with Gasteiger partial charge in [0.05, 0.1) is 22.9 Å². The highest BCUT2D eigenvalue weighted by atomic mass is 16.5. The van der Waals surface area contributed by atoms with Crippen molar-refractivity contribution in [2.24, 2.45) is 0 Å². The number of benzene rings is 2. The van der Waals surface area contributed by atoms with Crippen LogP contribution in [-0.2, 0) is 4.79 Å². The van der Waals surface area contributed by atoms with Crippen LogP contribution in [-0.4, -0.2) is 25.8 Å². The minimum Gasteiger partial charge on any atom is -0.424 e. The Morgan fingerprint density at radius 3 is 2.43 bits per heavy atom. The van der Waals surface area contributed by atoms with E-state index in [0.29, 0.717) is 17.1 Å². The second-order valence-corrected chi connectivity index (χ2v) is 5.76. The molecule has 0 saturated heterocycles. The lowest BCUT2D eigenvalue weighted by Crippen LogP contribution is -2.07. The first-order chi connectivity index (χ1) is 13.8. The normalized spacial score (nSPS) is 10.9. The molecule has 4 rings (SSSR count). The summed E-state index contributed by atoms with van der Waals surface area (Å²) in [7, 11) is 0. The maximum atomic E-state index is 12.1. The van der Waals surface area contributed by atoms with Crippen LogP contribution in [0, 0.1) is 0 Å². The van der Waals surface area contributed by atoms with E-state index in [0.717, 1.165) is 11.0 Å². The summed E-state index contributed by atoms with van der Waals surface area (Å²) in [4.78, 5) is 28.9. The molecule has 7 nitrogen and oxygen atoms in total. The van der Waals surface area contributed by atoms with E-state index in [1.807, 2.05) is 24.3 Å². The lowest BCUT2D eigenvalue weighted by atomic mass is 10.3. The van der Waals surface area contributed by atoms with Crippen molar-refractivity contribution in [3.05, 3.63) is 85.0 Å². The number of hydrogen-bond donors (Lipinski definition) is 1. The second-order valence-electron chi connectivity index (χ2n) is 5.76. The molecule has 2 heterocycles. The highest BCUT2D eigenvalue weighted by Gasteiger charge is 2.02. The molecule has 0 fully saturated rings. The van der Waals surface area contributed by atoms with Gasteiger partial charge in [0, 0.05) is 24.2 Å². The fourth-order valence-electron chi connectivity index (χ4n) is 2.45. The topological polar surface area (TPSA) is 89.9 Å². The van der Waals surface area contributed by atoms with Gasteiger partial charge in [-0.25, -0.2) is 15.0 Å². The van der Waals surface area contributed by atoms with Crippen LogP contribution in [0.2, 0.25) is 0 Å². The number of para-hydroxylation sites is 2. The zero-order chi connectivity index (χ0) is 19.2. The molecule has 136 valence electrons. The van der Waals surface area contributed by atoms with Gasteiger partial charge in [0.1, 0.15) is 5.75 Å². The molecule has 2 aromatic carbocycles. The predicted octanol–water partition coefficient (Wildman–Crippen LogP) is 3.86. The first-order valence-corrected chi connectivity index (χ1v) is 8.52. The Morgan fingerprint density at radius 2 is 1.64 bits per heavy atom. The number of anilines is 1. The van der Waals surface area contributed by atoms with Crippen molar-refractivity contribution < 1.29 is 9.53 Å². The van der Waals surface area contributed by atoms with E-state index in [2.05, 4.69) is 25.3 Å². The summed E-state index contributed by atoms with van der Waals surface area (Å²) in [5.74, 6) is 0.307. The molecular formula is C21H15N5O2. The summed E-state index contributed by atoms with van der Waals surface area (Å²) in [5.41, 5.74) is 2.84. The molecule has 0 aliphatic heterocycles. The number of hydrogen-bond acceptors (Lipinski definition) is 6. The predicted molar refractivity (Wildman–Crippen MR) is 106 cm³/mol. The number of amides is 1. The van der Waals surface area contributed by atoms with Crippen molar-refractivity contribution in [2.45, 2.75) is 0 Å². The second kappa shape index (κ2) is 8.05. The van der Waals surface area contributed by atoms with E-state index < -0.39 is 0 Å². The van der Waals surface area contributed by atoms with Gasteiger partial charge in [-0.1, -0.05) is 12.1 Å². The third-order valence-electron chi connectivity index (χ3n) is 3.75. The van der Waals surface area contributed by atoms with Gasteiger partial charge in [-0.3, -0.25) is 9.78 Å². The monoisotopic (exact) mass is 369 g/mol. The summed E-state index contributed by atoms with van der Waals surface area (Å²) >= 11 is 0. The fourth-order valence-corrected chi connectivity index (χ4v) is 2.45. The van der Waals surface area contributed by atoms with Crippen molar-refractivity contribution >= 4 is 28.7 Å². The molecule has 0 aliphatic rings. The third-order valence-corrected chi connectivity index (χ3v) is 3.75. The van der Waals surface area contributed by atoms with Crippen LogP contribution in [0.5, 0.6) is 11.8 Å². The maximum absolute atomic E-state index is 12.1. The number of carbonyl (C=O) groups is 1. The Morgan fingerprint density at radius 1 is 0.893 bits per heavy atom. The van der Waals surface area contributed by atoms with E-state index in [1.54, 1.807) is 55.0 Å². The number of fused-ring (bicyclic) bond motifs is 1. The molecule has 7 heteroatoms. The molecule has 1 amide bonds. The largest absolute Gasteiger partial charge is 0.424 e. The number of nitrogens with zero attached hydrogens (tertiary/aromatic N) is 4. The summed E-state index contributed by atoms with van der Waals surface area (Å²) in [6.07, 6.45) is 7.87. The Balaban J connectivity index is 1.38. The molecule has 0 radical (unpaired) electrons. The number of ether oxygens (including phenoxy) is 1. The lowest BCUT2D eigenvalue weighted by molar-refractivity contribution is -0.111. The van der Waals surface area contributed by atoms with Crippen molar-refractivity contribution in [2.75, 3.05) is 5.32 Å². The van der Waals surface area contributed by atoms with Crippen molar-refractivity contribution in [3.8, 4) is 11.8 Å². The summed E-state index contributed by atoms with van der Waals surface area (Å²) < 4.78 is 5.51. The maximum Gasteiger partial charge on any atom is 0.321 e. The highest BCUT2D eigenvalue weighted by molar-refractivity contribution is 6.01. The van der Waals surface area contributed by atoms with Crippen molar-refractivity contribution in [1.82, 2.24) is 19.9 Å². The Labute approximate surface area is 160 Å². The van der Waals surface area contributed by atoms with Gasteiger partial charge < -0.3 is 10.1 Å². The molecule has 4 aromatic rings. The third kappa shape index (κ3) is 4.34. The first kappa shape index (κ1) is 17.3. The van der Waals surface area contributed by atoms with Crippen molar-refractivity contribution in [3.63, 3.8) is 0 Å². The van der Waals surface area contributed by atoms with Gasteiger partial charge >= 0.3 is 6.01 Å².